The van der Waals surface area contributed by atoms with E-state index in [0.717, 1.165) is 0 Å². The summed E-state index contributed by atoms with van der Waals surface area (Å²) >= 11 is 0. The van der Waals surface area contributed by atoms with Gasteiger partial charge in [0, 0.05) is 0 Å². The molecule has 5 heteroatoms. The summed E-state index contributed by atoms with van der Waals surface area (Å²) in [5.41, 5.74) is 0. The Bertz CT molecular complexity index is 607. The van der Waals surface area contributed by atoms with Crippen molar-refractivity contribution in [1.29, 1.82) is 0 Å². The molecule has 0 spiro atoms. The summed E-state index contributed by atoms with van der Waals surface area (Å²) in [6.07, 6.45) is 0. The third kappa shape index (κ3) is 4.41. The van der Waals surface area contributed by atoms with Gasteiger partial charge >= 0.3 is 5.97 Å². The van der Waals surface area contributed by atoms with E-state index < -0.39 is 5.97 Å². The molecule has 0 amide bonds. The summed E-state index contributed by atoms with van der Waals surface area (Å²) < 4.78 is 21.1. The van der Waals surface area contributed by atoms with Crippen molar-refractivity contribution in [2.75, 3.05) is 20.3 Å². The highest BCUT2D eigenvalue weighted by molar-refractivity contribution is 5.74. The first-order valence-corrected chi connectivity index (χ1v) is 6.92. The predicted molar refractivity (Wildman–Crippen MR) is 81.7 cm³/mol. The fourth-order valence-corrected chi connectivity index (χ4v) is 1.79. The number of rotatable bonds is 7. The number of para-hydroxylation sites is 2. The zero-order valence-electron chi connectivity index (χ0n) is 12.6. The van der Waals surface area contributed by atoms with Crippen LogP contribution in [0.5, 0.6) is 23.0 Å². The maximum absolute atomic E-state index is 11.8. The van der Waals surface area contributed by atoms with Crippen molar-refractivity contribution in [2.45, 2.75) is 6.92 Å². The van der Waals surface area contributed by atoms with E-state index in [2.05, 4.69) is 0 Å². The summed E-state index contributed by atoms with van der Waals surface area (Å²) in [5.74, 6) is 1.75. The zero-order chi connectivity index (χ0) is 15.8. The second-order valence-electron chi connectivity index (χ2n) is 4.32. The first-order valence-electron chi connectivity index (χ1n) is 6.92. The van der Waals surface area contributed by atoms with Crippen LogP contribution in [0.1, 0.15) is 6.92 Å². The van der Waals surface area contributed by atoms with Gasteiger partial charge in [0.2, 0.25) is 0 Å². The van der Waals surface area contributed by atoms with Gasteiger partial charge in [-0.25, -0.2) is 4.79 Å². The van der Waals surface area contributed by atoms with Crippen molar-refractivity contribution < 1.29 is 23.7 Å². The van der Waals surface area contributed by atoms with Crippen molar-refractivity contribution in [1.82, 2.24) is 0 Å². The standard InChI is InChI=1S/C17H18O5/c1-3-20-15-6-4-5-7-16(15)21-12-17(18)22-14-10-8-13(19-2)9-11-14/h4-11H,3,12H2,1-2H3. The molecule has 2 aromatic rings. The quantitative estimate of drug-likeness (QED) is 0.581. The Balaban J connectivity index is 1.89. The number of carbonyl (C=O) groups excluding carboxylic acids is 1. The molecule has 0 aliphatic carbocycles. The Kier molecular flexibility index (Phi) is 5.65. The molecule has 0 fully saturated rings. The van der Waals surface area contributed by atoms with E-state index in [1.807, 2.05) is 19.1 Å². The SMILES string of the molecule is CCOc1ccccc1OCC(=O)Oc1ccc(OC)cc1. The summed E-state index contributed by atoms with van der Waals surface area (Å²) in [6.45, 7) is 2.21. The average molecular weight is 302 g/mol. The Hall–Kier alpha value is -2.69. The van der Waals surface area contributed by atoms with Gasteiger partial charge in [0.15, 0.2) is 18.1 Å². The van der Waals surface area contributed by atoms with Crippen molar-refractivity contribution in [2.24, 2.45) is 0 Å². The van der Waals surface area contributed by atoms with Gasteiger partial charge in [0.1, 0.15) is 11.5 Å². The fraction of sp³-hybridized carbons (Fsp3) is 0.235. The molecule has 0 heterocycles. The number of ether oxygens (including phenoxy) is 4. The molecule has 116 valence electrons. The molecule has 0 aromatic heterocycles. The van der Waals surface area contributed by atoms with Gasteiger partial charge < -0.3 is 18.9 Å². The molecular weight excluding hydrogens is 284 g/mol. The minimum Gasteiger partial charge on any atom is -0.497 e. The lowest BCUT2D eigenvalue weighted by atomic mass is 10.3. The van der Waals surface area contributed by atoms with Crippen LogP contribution >= 0.6 is 0 Å². The molecule has 2 aromatic carbocycles. The van der Waals surface area contributed by atoms with Crippen LogP contribution in [0.15, 0.2) is 48.5 Å². The van der Waals surface area contributed by atoms with Crippen LogP contribution in [-0.4, -0.2) is 26.3 Å². The molecule has 0 radical (unpaired) electrons. The summed E-state index contributed by atoms with van der Waals surface area (Å²) in [7, 11) is 1.57. The van der Waals surface area contributed by atoms with Crippen LogP contribution in [0.4, 0.5) is 0 Å². The smallest absolute Gasteiger partial charge is 0.349 e. The number of benzene rings is 2. The van der Waals surface area contributed by atoms with E-state index >= 15 is 0 Å². The largest absolute Gasteiger partial charge is 0.497 e. The van der Waals surface area contributed by atoms with Crippen LogP contribution in [0.3, 0.4) is 0 Å². The molecule has 2 rings (SSSR count). The highest BCUT2D eigenvalue weighted by Gasteiger charge is 2.09. The van der Waals surface area contributed by atoms with Gasteiger partial charge in [-0.1, -0.05) is 12.1 Å². The van der Waals surface area contributed by atoms with Crippen molar-refractivity contribution in [3.63, 3.8) is 0 Å². The fourth-order valence-electron chi connectivity index (χ4n) is 1.79. The maximum Gasteiger partial charge on any atom is 0.349 e. The topological polar surface area (TPSA) is 54.0 Å². The Morgan fingerprint density at radius 3 is 2.09 bits per heavy atom. The van der Waals surface area contributed by atoms with E-state index in [9.17, 15) is 4.79 Å². The Labute approximate surface area is 129 Å². The average Bonchev–Trinajstić information content (AvgIpc) is 2.55. The van der Waals surface area contributed by atoms with Crippen molar-refractivity contribution in [3.05, 3.63) is 48.5 Å². The van der Waals surface area contributed by atoms with Crippen LogP contribution in [0, 0.1) is 0 Å². The van der Waals surface area contributed by atoms with E-state index in [4.69, 9.17) is 18.9 Å². The van der Waals surface area contributed by atoms with Crippen LogP contribution in [0.25, 0.3) is 0 Å². The number of methoxy groups -OCH3 is 1. The number of carbonyl (C=O) groups is 1. The van der Waals surface area contributed by atoms with Crippen molar-refractivity contribution >= 4 is 5.97 Å². The molecular formula is C17H18O5. The first-order chi connectivity index (χ1) is 10.7. The number of hydrogen-bond acceptors (Lipinski definition) is 5. The maximum atomic E-state index is 11.8. The molecule has 0 aliphatic rings. The van der Waals surface area contributed by atoms with Crippen LogP contribution in [-0.2, 0) is 4.79 Å². The molecule has 0 bridgehead atoms. The van der Waals surface area contributed by atoms with E-state index in [1.54, 1.807) is 43.5 Å². The lowest BCUT2D eigenvalue weighted by Crippen LogP contribution is -2.18. The van der Waals surface area contributed by atoms with Crippen LogP contribution in [0.2, 0.25) is 0 Å². The Morgan fingerprint density at radius 2 is 1.50 bits per heavy atom. The molecule has 0 atom stereocenters. The summed E-state index contributed by atoms with van der Waals surface area (Å²) in [4.78, 5) is 11.8. The third-order valence-electron chi connectivity index (χ3n) is 2.79. The van der Waals surface area contributed by atoms with E-state index in [0.29, 0.717) is 29.6 Å². The van der Waals surface area contributed by atoms with E-state index in [-0.39, 0.29) is 6.61 Å². The second kappa shape index (κ2) is 7.93. The van der Waals surface area contributed by atoms with E-state index in [1.165, 1.54) is 0 Å². The molecule has 0 unspecified atom stereocenters. The Morgan fingerprint density at radius 1 is 0.909 bits per heavy atom. The molecule has 0 saturated heterocycles. The number of esters is 1. The molecule has 0 N–H and O–H groups in total. The van der Waals surface area contributed by atoms with Gasteiger partial charge in [-0.2, -0.15) is 0 Å². The van der Waals surface area contributed by atoms with Gasteiger partial charge in [-0.05, 0) is 43.3 Å². The second-order valence-corrected chi connectivity index (χ2v) is 4.32. The lowest BCUT2D eigenvalue weighted by Gasteiger charge is -2.11. The van der Waals surface area contributed by atoms with Gasteiger partial charge in [-0.3, -0.25) is 0 Å². The zero-order valence-corrected chi connectivity index (χ0v) is 12.6. The molecule has 0 aliphatic heterocycles. The summed E-state index contributed by atoms with van der Waals surface area (Å²) in [5, 5.41) is 0. The van der Waals surface area contributed by atoms with Gasteiger partial charge in [-0.15, -0.1) is 0 Å². The minimum absolute atomic E-state index is 0.198. The lowest BCUT2D eigenvalue weighted by molar-refractivity contribution is -0.136. The van der Waals surface area contributed by atoms with Gasteiger partial charge in [0.25, 0.3) is 0 Å². The highest BCUT2D eigenvalue weighted by atomic mass is 16.6. The molecule has 0 saturated carbocycles. The number of hydrogen-bond donors (Lipinski definition) is 0. The van der Waals surface area contributed by atoms with Gasteiger partial charge in [0.05, 0.1) is 13.7 Å². The summed E-state index contributed by atoms with van der Waals surface area (Å²) in [6, 6.07) is 13.9. The normalized spacial score (nSPS) is 9.91. The highest BCUT2D eigenvalue weighted by Crippen LogP contribution is 2.26. The van der Waals surface area contributed by atoms with Crippen LogP contribution < -0.4 is 18.9 Å². The third-order valence-corrected chi connectivity index (χ3v) is 2.79. The monoisotopic (exact) mass is 302 g/mol. The molecule has 5 nitrogen and oxygen atoms in total. The van der Waals surface area contributed by atoms with Crippen molar-refractivity contribution in [3.8, 4) is 23.0 Å². The predicted octanol–water partition coefficient (Wildman–Crippen LogP) is 3.08. The first kappa shape index (κ1) is 15.7. The molecule has 22 heavy (non-hydrogen) atoms. The minimum atomic E-state index is -0.489.